The summed E-state index contributed by atoms with van der Waals surface area (Å²) in [4.78, 5) is 69.6. The number of rotatable bonds is 7. The monoisotopic (exact) mass is 862 g/mol. The van der Waals surface area contributed by atoms with Crippen LogP contribution in [0.4, 0.5) is 26.3 Å². The van der Waals surface area contributed by atoms with E-state index in [0.717, 1.165) is 29.5 Å². The first-order valence-electron chi connectivity index (χ1n) is 14.6. The maximum absolute atomic E-state index is 13.1. The van der Waals surface area contributed by atoms with Crippen molar-refractivity contribution in [1.29, 1.82) is 0 Å². The molecular weight excluding hydrogens is 842 g/mol. The fraction of sp³-hybridized carbons (Fsp3) is 0.152. The summed E-state index contributed by atoms with van der Waals surface area (Å²) in [5.74, 6) is -5.96. The average molecular weight is 864 g/mol. The number of aromatic hydroxyl groups is 2. The van der Waals surface area contributed by atoms with Crippen molar-refractivity contribution in [3.63, 3.8) is 0 Å². The highest BCUT2D eigenvalue weighted by atomic mass is 79.9. The van der Waals surface area contributed by atoms with Gasteiger partial charge in [-0.15, -0.1) is 0 Å². The molecule has 2 amide bonds. The van der Waals surface area contributed by atoms with Crippen LogP contribution in [0.1, 0.15) is 38.8 Å². The first-order valence-corrected chi connectivity index (χ1v) is 17.0. The van der Waals surface area contributed by atoms with Gasteiger partial charge in [-0.2, -0.15) is 26.3 Å². The van der Waals surface area contributed by atoms with Gasteiger partial charge in [-0.25, -0.2) is 0 Å². The quantitative estimate of drug-likeness (QED) is 0.0991. The molecule has 6 N–H and O–H groups in total. The first-order chi connectivity index (χ1) is 25.0. The van der Waals surface area contributed by atoms with E-state index in [9.17, 15) is 65.3 Å². The van der Waals surface area contributed by atoms with Gasteiger partial charge < -0.3 is 31.1 Å². The fourth-order valence-corrected chi connectivity index (χ4v) is 6.83. The van der Waals surface area contributed by atoms with Gasteiger partial charge in [0.1, 0.15) is 35.2 Å². The number of hydrogen-bond donors (Lipinski definition) is 6. The lowest BCUT2D eigenvalue weighted by Crippen LogP contribution is -2.39. The van der Waals surface area contributed by atoms with Crippen LogP contribution in [0.5, 0.6) is 11.5 Å². The van der Waals surface area contributed by atoms with E-state index in [2.05, 4.69) is 21.2 Å². The minimum atomic E-state index is -5.05. The van der Waals surface area contributed by atoms with Crippen molar-refractivity contribution in [2.75, 3.05) is 6.54 Å². The van der Waals surface area contributed by atoms with Crippen molar-refractivity contribution in [2.24, 2.45) is 0 Å². The lowest BCUT2D eigenvalue weighted by atomic mass is 9.98. The molecule has 0 bridgehead atoms. The van der Waals surface area contributed by atoms with Crippen molar-refractivity contribution >= 4 is 82.5 Å². The molecule has 54 heavy (non-hydrogen) atoms. The van der Waals surface area contributed by atoms with Crippen LogP contribution < -0.4 is 20.1 Å². The number of halogens is 7. The minimum absolute atomic E-state index is 0.0171. The van der Waals surface area contributed by atoms with Crippen LogP contribution in [0.3, 0.4) is 0 Å². The summed E-state index contributed by atoms with van der Waals surface area (Å²) in [6.45, 7) is 0.444. The summed E-state index contributed by atoms with van der Waals surface area (Å²) in [6.07, 6.45) is -10.1. The number of fused-ring (bicyclic) bond motifs is 2. The molecule has 0 aliphatic heterocycles. The van der Waals surface area contributed by atoms with E-state index in [4.69, 9.17) is 10.2 Å². The number of hydrogen-bond acceptors (Lipinski definition) is 10. The number of carboxylic acids is 2. The van der Waals surface area contributed by atoms with Crippen LogP contribution in [0, 0.1) is 0 Å². The van der Waals surface area contributed by atoms with E-state index in [1.165, 1.54) is 6.92 Å². The van der Waals surface area contributed by atoms with Crippen LogP contribution in [0.15, 0.2) is 68.7 Å². The molecule has 0 saturated carbocycles. The molecule has 0 spiro atoms. The van der Waals surface area contributed by atoms with Crippen LogP contribution in [0.2, 0.25) is 0 Å². The second-order valence-electron chi connectivity index (χ2n) is 11.0. The number of nitrogens with one attached hydrogen (secondary N) is 2. The third kappa shape index (κ3) is 9.33. The number of aliphatic carboxylic acids is 2. The summed E-state index contributed by atoms with van der Waals surface area (Å²) in [6, 6.07) is 8.14. The Morgan fingerprint density at radius 1 is 0.722 bits per heavy atom. The third-order valence-electron chi connectivity index (χ3n) is 7.21. The van der Waals surface area contributed by atoms with E-state index in [0.29, 0.717) is 38.0 Å². The van der Waals surface area contributed by atoms with E-state index < -0.39 is 97.5 Å². The standard InChI is InChI=1S/C20H11F6NO5S.C13H10BrNO5S/c21-19(22,23)10-3-9(4-11(6-10)20(24,25)26)8-1-2-12-13(5-8)33-18(32)15(16(12)30)17(31)27-7-14(28)29;1-5(12(18)19)15-11(17)9-10(16)7-4-6(14)2-3-8(7)21-13(9)20/h1-6,30H,7H2,(H,27,31)(H,28,29);2-5,16H,1H3,(H,15,17)(H,18,19)/t;5-/m.0/s1. The molecule has 0 fully saturated rings. The highest BCUT2D eigenvalue weighted by molar-refractivity contribution is 9.10. The van der Waals surface area contributed by atoms with Crippen molar-refractivity contribution < 1.29 is 65.9 Å². The van der Waals surface area contributed by atoms with Crippen molar-refractivity contribution in [2.45, 2.75) is 25.3 Å². The second-order valence-corrected chi connectivity index (χ2v) is 13.9. The van der Waals surface area contributed by atoms with Gasteiger partial charge in [0.25, 0.3) is 11.8 Å². The van der Waals surface area contributed by atoms with Crippen molar-refractivity contribution in [1.82, 2.24) is 10.6 Å². The Bertz CT molecular complexity index is 2430. The van der Waals surface area contributed by atoms with Crippen LogP contribution in [-0.4, -0.2) is 56.8 Å². The Morgan fingerprint density at radius 3 is 1.80 bits per heavy atom. The Morgan fingerprint density at radius 2 is 1.26 bits per heavy atom. The van der Waals surface area contributed by atoms with Crippen LogP contribution >= 0.6 is 38.6 Å². The van der Waals surface area contributed by atoms with Crippen LogP contribution in [-0.2, 0) is 21.9 Å². The minimum Gasteiger partial charge on any atom is -0.506 e. The maximum atomic E-state index is 13.1. The number of carbonyl (C=O) groups excluding carboxylic acids is 2. The van der Waals surface area contributed by atoms with Gasteiger partial charge in [0, 0.05) is 24.6 Å². The molecule has 0 unspecified atom stereocenters. The topological polar surface area (TPSA) is 207 Å². The molecule has 0 saturated heterocycles. The number of carbonyl (C=O) groups is 4. The summed E-state index contributed by atoms with van der Waals surface area (Å²) >= 11 is 4.46. The van der Waals surface area contributed by atoms with E-state index in [1.807, 2.05) is 5.32 Å². The predicted molar refractivity (Wildman–Crippen MR) is 187 cm³/mol. The molecule has 3 aromatic carbocycles. The highest BCUT2D eigenvalue weighted by Crippen LogP contribution is 2.40. The molecule has 5 aromatic rings. The zero-order chi connectivity index (χ0) is 40.4. The van der Waals surface area contributed by atoms with Crippen molar-refractivity contribution in [3.05, 3.63) is 100 Å². The van der Waals surface area contributed by atoms with E-state index >= 15 is 0 Å². The normalized spacial score (nSPS) is 12.1. The molecule has 1 atom stereocenters. The molecule has 5 rings (SSSR count). The van der Waals surface area contributed by atoms with Gasteiger partial charge in [-0.3, -0.25) is 28.8 Å². The highest BCUT2D eigenvalue weighted by Gasteiger charge is 2.37. The molecule has 2 heterocycles. The largest absolute Gasteiger partial charge is 0.506 e. The molecule has 284 valence electrons. The summed E-state index contributed by atoms with van der Waals surface area (Å²) in [7, 11) is 0. The summed E-state index contributed by atoms with van der Waals surface area (Å²) in [5.41, 5.74) is -4.75. The summed E-state index contributed by atoms with van der Waals surface area (Å²) < 4.78 is 78.4. The molecule has 0 aliphatic rings. The average Bonchev–Trinajstić information content (AvgIpc) is 3.06. The number of amides is 2. The third-order valence-corrected chi connectivity index (χ3v) is 9.62. The zero-order valence-corrected chi connectivity index (χ0v) is 29.9. The molecule has 21 heteroatoms. The Hall–Kier alpha value is -5.54. The maximum Gasteiger partial charge on any atom is 0.416 e. The Kier molecular flexibility index (Phi) is 12.1. The van der Waals surface area contributed by atoms with Crippen LogP contribution in [0.25, 0.3) is 31.3 Å². The summed E-state index contributed by atoms with van der Waals surface area (Å²) in [5, 5.41) is 42.2. The second kappa shape index (κ2) is 15.8. The number of benzene rings is 3. The van der Waals surface area contributed by atoms with Gasteiger partial charge in [0.05, 0.1) is 11.1 Å². The van der Waals surface area contributed by atoms with Crippen molar-refractivity contribution in [3.8, 4) is 22.6 Å². The number of carboxylic acid groups (broad SMARTS) is 2. The lowest BCUT2D eigenvalue weighted by molar-refractivity contribution is -0.143. The van der Waals surface area contributed by atoms with E-state index in [-0.39, 0.29) is 21.7 Å². The van der Waals surface area contributed by atoms with E-state index in [1.54, 1.807) is 18.2 Å². The Balaban J connectivity index is 0.000000266. The molecular formula is C33H21BrF6N2O10S2. The molecule has 2 aromatic heterocycles. The molecule has 0 aliphatic carbocycles. The van der Waals surface area contributed by atoms with Gasteiger partial charge in [0.15, 0.2) is 0 Å². The Labute approximate surface area is 313 Å². The number of alkyl halides is 6. The predicted octanol–water partition coefficient (Wildman–Crippen LogP) is 6.42. The molecule has 0 radical (unpaired) electrons. The molecule has 12 nitrogen and oxygen atoms in total. The van der Waals surface area contributed by atoms with Gasteiger partial charge in [-0.1, -0.05) is 44.7 Å². The van der Waals surface area contributed by atoms with Gasteiger partial charge in [-0.05, 0) is 66.6 Å². The lowest BCUT2D eigenvalue weighted by Gasteiger charge is -2.15. The first kappa shape index (κ1) is 41.2. The zero-order valence-electron chi connectivity index (χ0n) is 26.7. The fourth-order valence-electron chi connectivity index (χ4n) is 4.62. The SMILES string of the molecule is C[C@H](NC(=O)c1c(O)c2cc(Br)ccc2sc1=O)C(=O)O.O=C(O)CNC(=O)c1c(O)c2ccc(-c3cc(C(F)(F)F)cc(C(F)(F)F)c3)cc2sc1=O. The van der Waals surface area contributed by atoms with Gasteiger partial charge >= 0.3 is 24.3 Å². The van der Waals surface area contributed by atoms with Gasteiger partial charge in [0.2, 0.25) is 9.48 Å². The smallest absolute Gasteiger partial charge is 0.416 e.